The molecule has 2 amide bonds. The van der Waals surface area contributed by atoms with Gasteiger partial charge in [-0.05, 0) is 25.1 Å². The van der Waals surface area contributed by atoms with Crippen molar-refractivity contribution >= 4 is 22.8 Å². The molecule has 1 aliphatic heterocycles. The molecule has 0 atom stereocenters. The molecule has 0 unspecified atom stereocenters. The van der Waals surface area contributed by atoms with Gasteiger partial charge in [0, 0.05) is 49.2 Å². The number of carbonyl (C=O) groups excluding carboxylic acids is 2. The Hall–Kier alpha value is -3.75. The van der Waals surface area contributed by atoms with Crippen LogP contribution < -0.4 is 5.56 Å². The highest BCUT2D eigenvalue weighted by molar-refractivity contribution is 6.06. The van der Waals surface area contributed by atoms with Crippen LogP contribution in [0.15, 0.2) is 53.5 Å². The van der Waals surface area contributed by atoms with Crippen LogP contribution in [-0.2, 0) is 4.74 Å². The van der Waals surface area contributed by atoms with Gasteiger partial charge in [0.25, 0.3) is 11.5 Å². The van der Waals surface area contributed by atoms with E-state index in [1.165, 1.54) is 11.1 Å². The zero-order valence-electron chi connectivity index (χ0n) is 17.4. The standard InChI is InChI=1S/C23H21F2N3O4/c1-2-32-23(31)27-11-9-26(10-12-27)21(29)18-14-28(20-8-7-15(24)13-19(20)25)22(30)17-6-4-3-5-16(17)18/h3-8,13-14H,2,9-12H2,1H3. The second-order valence-corrected chi connectivity index (χ2v) is 7.34. The molecule has 1 aromatic heterocycles. The Labute approximate surface area is 182 Å². The van der Waals surface area contributed by atoms with Crippen LogP contribution in [0.5, 0.6) is 0 Å². The summed E-state index contributed by atoms with van der Waals surface area (Å²) in [6, 6.07) is 9.48. The molecular formula is C23H21F2N3O4. The first-order chi connectivity index (χ1) is 15.4. The Kier molecular flexibility index (Phi) is 5.89. The van der Waals surface area contributed by atoms with Crippen LogP contribution in [0.25, 0.3) is 16.5 Å². The van der Waals surface area contributed by atoms with Crippen molar-refractivity contribution in [1.82, 2.24) is 14.4 Å². The molecule has 0 N–H and O–H groups in total. The van der Waals surface area contributed by atoms with Gasteiger partial charge in [0.1, 0.15) is 11.6 Å². The number of aromatic nitrogens is 1. The van der Waals surface area contributed by atoms with E-state index >= 15 is 0 Å². The SMILES string of the molecule is CCOC(=O)N1CCN(C(=O)c2cn(-c3ccc(F)cc3F)c(=O)c3ccccc23)CC1. The van der Waals surface area contributed by atoms with Crippen molar-refractivity contribution in [2.45, 2.75) is 6.92 Å². The van der Waals surface area contributed by atoms with Crippen LogP contribution in [-0.4, -0.2) is 59.2 Å². The molecule has 0 aliphatic carbocycles. The van der Waals surface area contributed by atoms with Gasteiger partial charge in [-0.3, -0.25) is 14.2 Å². The number of ether oxygens (including phenoxy) is 1. The Morgan fingerprint density at radius 3 is 2.28 bits per heavy atom. The van der Waals surface area contributed by atoms with Gasteiger partial charge in [-0.1, -0.05) is 18.2 Å². The number of piperazine rings is 1. The number of halogens is 2. The maximum Gasteiger partial charge on any atom is 0.409 e. The van der Waals surface area contributed by atoms with Gasteiger partial charge in [0.05, 0.1) is 17.9 Å². The van der Waals surface area contributed by atoms with Gasteiger partial charge in [0.15, 0.2) is 0 Å². The number of amides is 2. The fraction of sp³-hybridized carbons (Fsp3) is 0.261. The highest BCUT2D eigenvalue weighted by atomic mass is 19.1. The predicted octanol–water partition coefficient (Wildman–Crippen LogP) is 3.18. The molecule has 9 heteroatoms. The van der Waals surface area contributed by atoms with E-state index in [0.29, 0.717) is 24.5 Å². The highest BCUT2D eigenvalue weighted by Crippen LogP contribution is 2.21. The first kappa shape index (κ1) is 21.5. The monoisotopic (exact) mass is 441 g/mol. The minimum atomic E-state index is -0.913. The number of rotatable bonds is 3. The summed E-state index contributed by atoms with van der Waals surface area (Å²) in [5.41, 5.74) is -0.452. The fourth-order valence-corrected chi connectivity index (χ4v) is 3.79. The van der Waals surface area contributed by atoms with E-state index in [-0.39, 0.29) is 42.2 Å². The summed E-state index contributed by atoms with van der Waals surface area (Å²) in [5.74, 6) is -2.03. The molecule has 1 aliphatic rings. The molecule has 1 fully saturated rings. The lowest BCUT2D eigenvalue weighted by molar-refractivity contribution is 0.0571. The van der Waals surface area contributed by atoms with Crippen molar-refractivity contribution in [3.63, 3.8) is 0 Å². The Morgan fingerprint density at radius 1 is 0.969 bits per heavy atom. The average molecular weight is 441 g/mol. The highest BCUT2D eigenvalue weighted by Gasteiger charge is 2.27. The third kappa shape index (κ3) is 3.93. The molecule has 0 radical (unpaired) electrons. The molecule has 0 saturated carbocycles. The second-order valence-electron chi connectivity index (χ2n) is 7.34. The molecule has 0 spiro atoms. The lowest BCUT2D eigenvalue weighted by atomic mass is 10.1. The van der Waals surface area contributed by atoms with E-state index in [2.05, 4.69) is 0 Å². The molecule has 2 heterocycles. The number of benzene rings is 2. The van der Waals surface area contributed by atoms with Crippen LogP contribution in [0, 0.1) is 11.6 Å². The predicted molar refractivity (Wildman–Crippen MR) is 114 cm³/mol. The van der Waals surface area contributed by atoms with Gasteiger partial charge in [-0.2, -0.15) is 0 Å². The van der Waals surface area contributed by atoms with Crippen molar-refractivity contribution in [3.05, 3.63) is 76.2 Å². The minimum absolute atomic E-state index is 0.150. The molecule has 166 valence electrons. The van der Waals surface area contributed by atoms with Gasteiger partial charge >= 0.3 is 6.09 Å². The summed E-state index contributed by atoms with van der Waals surface area (Å²) in [6.45, 7) is 3.20. The third-order valence-corrected chi connectivity index (χ3v) is 5.42. The van der Waals surface area contributed by atoms with E-state index in [0.717, 1.165) is 16.7 Å². The molecule has 2 aromatic carbocycles. The number of nitrogens with zero attached hydrogens (tertiary/aromatic N) is 3. The molecule has 1 saturated heterocycles. The molecular weight excluding hydrogens is 420 g/mol. The smallest absolute Gasteiger partial charge is 0.409 e. The van der Waals surface area contributed by atoms with Crippen LogP contribution >= 0.6 is 0 Å². The number of fused-ring (bicyclic) bond motifs is 1. The van der Waals surface area contributed by atoms with Crippen molar-refractivity contribution in [2.24, 2.45) is 0 Å². The second kappa shape index (κ2) is 8.78. The lowest BCUT2D eigenvalue weighted by Crippen LogP contribution is -2.50. The van der Waals surface area contributed by atoms with Gasteiger partial charge < -0.3 is 14.5 Å². The molecule has 7 nitrogen and oxygen atoms in total. The normalized spacial score (nSPS) is 14.0. The van der Waals surface area contributed by atoms with Crippen LogP contribution in [0.2, 0.25) is 0 Å². The number of hydrogen-bond donors (Lipinski definition) is 0. The molecule has 0 bridgehead atoms. The van der Waals surface area contributed by atoms with Gasteiger partial charge in [0.2, 0.25) is 0 Å². The Morgan fingerprint density at radius 2 is 1.62 bits per heavy atom. The maximum atomic E-state index is 14.4. The zero-order valence-corrected chi connectivity index (χ0v) is 17.4. The van der Waals surface area contributed by atoms with Crippen LogP contribution in [0.3, 0.4) is 0 Å². The van der Waals surface area contributed by atoms with E-state index in [4.69, 9.17) is 4.74 Å². The largest absolute Gasteiger partial charge is 0.450 e. The summed E-state index contributed by atoms with van der Waals surface area (Å²) in [6.07, 6.45) is 0.867. The van der Waals surface area contributed by atoms with Gasteiger partial charge in [-0.25, -0.2) is 13.6 Å². The first-order valence-corrected chi connectivity index (χ1v) is 10.2. The number of carbonyl (C=O) groups is 2. The molecule has 4 rings (SSSR count). The van der Waals surface area contributed by atoms with E-state index < -0.39 is 23.3 Å². The zero-order chi connectivity index (χ0) is 22.8. The minimum Gasteiger partial charge on any atom is -0.450 e. The van der Waals surface area contributed by atoms with E-state index in [1.807, 2.05) is 0 Å². The molecule has 3 aromatic rings. The van der Waals surface area contributed by atoms with Crippen molar-refractivity contribution in [1.29, 1.82) is 0 Å². The average Bonchev–Trinajstić information content (AvgIpc) is 2.80. The van der Waals surface area contributed by atoms with Crippen molar-refractivity contribution in [2.75, 3.05) is 32.8 Å². The number of pyridine rings is 1. The maximum absolute atomic E-state index is 14.4. The fourth-order valence-electron chi connectivity index (χ4n) is 3.79. The van der Waals surface area contributed by atoms with Gasteiger partial charge in [-0.15, -0.1) is 0 Å². The summed E-state index contributed by atoms with van der Waals surface area (Å²) in [7, 11) is 0. The lowest BCUT2D eigenvalue weighted by Gasteiger charge is -2.34. The number of hydrogen-bond acceptors (Lipinski definition) is 4. The molecule has 32 heavy (non-hydrogen) atoms. The van der Waals surface area contributed by atoms with E-state index in [1.54, 1.807) is 36.1 Å². The Bertz CT molecular complexity index is 1250. The van der Waals surface area contributed by atoms with Crippen molar-refractivity contribution < 1.29 is 23.1 Å². The van der Waals surface area contributed by atoms with Crippen LogP contribution in [0.1, 0.15) is 17.3 Å². The summed E-state index contributed by atoms with van der Waals surface area (Å²) in [4.78, 5) is 41.4. The van der Waals surface area contributed by atoms with Crippen LogP contribution in [0.4, 0.5) is 13.6 Å². The van der Waals surface area contributed by atoms with E-state index in [9.17, 15) is 23.2 Å². The topological polar surface area (TPSA) is 71.8 Å². The summed E-state index contributed by atoms with van der Waals surface area (Å²) >= 11 is 0. The third-order valence-electron chi connectivity index (χ3n) is 5.42. The Balaban J connectivity index is 1.73. The first-order valence-electron chi connectivity index (χ1n) is 10.2. The van der Waals surface area contributed by atoms with Crippen molar-refractivity contribution in [3.8, 4) is 5.69 Å². The quantitative estimate of drug-likeness (QED) is 0.626. The summed E-state index contributed by atoms with van der Waals surface area (Å²) in [5, 5.41) is 0.682. The summed E-state index contributed by atoms with van der Waals surface area (Å²) < 4.78 is 33.8.